The average Bonchev–Trinajstić information content (AvgIpc) is 3.17. The Morgan fingerprint density at radius 3 is 2.76 bits per heavy atom. The molecule has 0 saturated carbocycles. The highest BCUT2D eigenvalue weighted by Crippen LogP contribution is 2.25. The monoisotopic (exact) mass is 414 g/mol. The van der Waals surface area contributed by atoms with E-state index >= 15 is 0 Å². The number of aliphatic imine (C=N–C) groups is 1. The quantitative estimate of drug-likeness (QED) is 0.538. The first kappa shape index (κ1) is 21.4. The van der Waals surface area contributed by atoms with Crippen LogP contribution >= 0.6 is 11.6 Å². The van der Waals surface area contributed by atoms with Crippen molar-refractivity contribution in [3.63, 3.8) is 0 Å². The molecule has 2 aromatic rings. The van der Waals surface area contributed by atoms with Gasteiger partial charge in [-0.2, -0.15) is 0 Å². The minimum absolute atomic E-state index is 0.235. The van der Waals surface area contributed by atoms with E-state index in [0.29, 0.717) is 17.6 Å². The number of pyridine rings is 1. The number of rotatable bonds is 7. The Hall–Kier alpha value is -2.31. The van der Waals surface area contributed by atoms with Gasteiger partial charge in [0.15, 0.2) is 5.96 Å². The zero-order valence-corrected chi connectivity index (χ0v) is 18.2. The van der Waals surface area contributed by atoms with Gasteiger partial charge >= 0.3 is 0 Å². The lowest BCUT2D eigenvalue weighted by atomic mass is 10.1. The number of benzene rings is 1. The van der Waals surface area contributed by atoms with E-state index in [1.54, 1.807) is 6.20 Å². The van der Waals surface area contributed by atoms with Gasteiger partial charge in [-0.3, -0.25) is 4.99 Å². The van der Waals surface area contributed by atoms with Gasteiger partial charge in [-0.15, -0.1) is 0 Å². The van der Waals surface area contributed by atoms with Crippen molar-refractivity contribution >= 4 is 23.4 Å². The van der Waals surface area contributed by atoms with Crippen LogP contribution in [0.25, 0.3) is 0 Å². The number of hydrogen-bond acceptors (Lipinski definition) is 4. The van der Waals surface area contributed by atoms with Crippen LogP contribution in [0.5, 0.6) is 0 Å². The molecule has 156 valence electrons. The van der Waals surface area contributed by atoms with Crippen LogP contribution in [-0.2, 0) is 0 Å². The highest BCUT2D eigenvalue weighted by Gasteiger charge is 2.25. The summed E-state index contributed by atoms with van der Waals surface area (Å²) in [5.41, 5.74) is 1.27. The Bertz CT molecular complexity index is 795. The molecule has 1 saturated heterocycles. The summed E-state index contributed by atoms with van der Waals surface area (Å²) in [6.07, 6.45) is 2.81. The summed E-state index contributed by atoms with van der Waals surface area (Å²) < 4.78 is 0. The first-order chi connectivity index (χ1) is 14.1. The second-order valence-electron chi connectivity index (χ2n) is 7.49. The number of likely N-dealkylation sites (N-methyl/N-ethyl adjacent to an activating group) is 1. The highest BCUT2D eigenvalue weighted by atomic mass is 35.5. The highest BCUT2D eigenvalue weighted by molar-refractivity contribution is 6.32. The van der Waals surface area contributed by atoms with E-state index in [0.717, 1.165) is 37.8 Å². The molecule has 0 aliphatic carbocycles. The van der Waals surface area contributed by atoms with Crippen LogP contribution in [0.2, 0.25) is 5.02 Å². The van der Waals surface area contributed by atoms with Crippen LogP contribution in [-0.4, -0.2) is 62.2 Å². The van der Waals surface area contributed by atoms with Crippen LogP contribution in [0.1, 0.15) is 24.9 Å². The lowest BCUT2D eigenvalue weighted by molar-refractivity contribution is 0.306. The lowest BCUT2D eigenvalue weighted by Crippen LogP contribution is -2.45. The molecular formula is C22H31ClN6. The predicted molar refractivity (Wildman–Crippen MR) is 122 cm³/mol. The van der Waals surface area contributed by atoms with E-state index < -0.39 is 0 Å². The van der Waals surface area contributed by atoms with Gasteiger partial charge in [0, 0.05) is 31.9 Å². The first-order valence-electron chi connectivity index (χ1n) is 10.2. The van der Waals surface area contributed by atoms with Gasteiger partial charge in [-0.25, -0.2) is 4.98 Å². The molecule has 1 aliphatic rings. The van der Waals surface area contributed by atoms with Crippen LogP contribution in [0, 0.1) is 0 Å². The number of anilines is 1. The molecule has 0 spiro atoms. The summed E-state index contributed by atoms with van der Waals surface area (Å²) in [4.78, 5) is 13.8. The zero-order chi connectivity index (χ0) is 20.6. The fraction of sp³-hybridized carbons (Fsp3) is 0.455. The third-order valence-electron chi connectivity index (χ3n) is 5.14. The number of halogens is 1. The molecule has 0 bridgehead atoms. The Labute approximate surface area is 179 Å². The smallest absolute Gasteiger partial charge is 0.191 e. The van der Waals surface area contributed by atoms with Crippen molar-refractivity contribution in [1.29, 1.82) is 0 Å². The second kappa shape index (κ2) is 10.5. The fourth-order valence-corrected chi connectivity index (χ4v) is 3.85. The standard InChI is InChI=1S/C22H31ClN6/c1-4-24-22(26-15-20(28(2)3)17-9-6-5-7-10-17)27-18-12-14-29(16-18)21-19(23)11-8-13-25-21/h5-11,13,18,20H,4,12,14-16H2,1-3H3,(H2,24,26,27). The van der Waals surface area contributed by atoms with Crippen molar-refractivity contribution < 1.29 is 0 Å². The summed E-state index contributed by atoms with van der Waals surface area (Å²) in [7, 11) is 4.19. The van der Waals surface area contributed by atoms with Crippen LogP contribution in [0.4, 0.5) is 5.82 Å². The van der Waals surface area contributed by atoms with Gasteiger partial charge in [-0.05, 0) is 45.1 Å². The maximum Gasteiger partial charge on any atom is 0.191 e. The molecule has 0 amide bonds. The molecule has 2 N–H and O–H groups in total. The Morgan fingerprint density at radius 2 is 2.07 bits per heavy atom. The summed E-state index contributed by atoms with van der Waals surface area (Å²) in [5, 5.41) is 7.67. The summed E-state index contributed by atoms with van der Waals surface area (Å²) in [5.74, 6) is 1.71. The summed E-state index contributed by atoms with van der Waals surface area (Å²) in [6.45, 7) is 5.39. The number of nitrogens with zero attached hydrogens (tertiary/aromatic N) is 4. The van der Waals surface area contributed by atoms with E-state index in [4.69, 9.17) is 16.6 Å². The third-order valence-corrected chi connectivity index (χ3v) is 5.44. The topological polar surface area (TPSA) is 55.8 Å². The zero-order valence-electron chi connectivity index (χ0n) is 17.5. The fourth-order valence-electron chi connectivity index (χ4n) is 3.61. The van der Waals surface area contributed by atoms with Gasteiger partial charge in [-0.1, -0.05) is 41.9 Å². The molecule has 6 nitrogen and oxygen atoms in total. The molecule has 2 unspecified atom stereocenters. The Balaban J connectivity index is 1.64. The van der Waals surface area contributed by atoms with Crippen LogP contribution in [0.3, 0.4) is 0 Å². The van der Waals surface area contributed by atoms with Gasteiger partial charge in [0.05, 0.1) is 17.6 Å². The van der Waals surface area contributed by atoms with E-state index in [2.05, 4.69) is 70.7 Å². The number of hydrogen-bond donors (Lipinski definition) is 2. The van der Waals surface area contributed by atoms with Crippen molar-refractivity contribution in [3.05, 3.63) is 59.2 Å². The third kappa shape index (κ3) is 5.84. The van der Waals surface area contributed by atoms with Crippen molar-refractivity contribution in [2.75, 3.05) is 45.2 Å². The predicted octanol–water partition coefficient (Wildman–Crippen LogP) is 3.17. The molecule has 2 atom stereocenters. The van der Waals surface area contributed by atoms with E-state index in [1.165, 1.54) is 5.56 Å². The van der Waals surface area contributed by atoms with Gasteiger partial charge in [0.1, 0.15) is 5.82 Å². The minimum Gasteiger partial charge on any atom is -0.357 e. The van der Waals surface area contributed by atoms with Crippen molar-refractivity contribution in [2.45, 2.75) is 25.4 Å². The van der Waals surface area contributed by atoms with E-state index in [9.17, 15) is 0 Å². The molecule has 1 aromatic heterocycles. The molecule has 0 radical (unpaired) electrons. The molecule has 1 aromatic carbocycles. The number of aromatic nitrogens is 1. The maximum atomic E-state index is 6.31. The van der Waals surface area contributed by atoms with E-state index in [-0.39, 0.29) is 6.04 Å². The van der Waals surface area contributed by atoms with Gasteiger partial charge in [0.25, 0.3) is 0 Å². The molecule has 29 heavy (non-hydrogen) atoms. The van der Waals surface area contributed by atoms with Gasteiger partial charge < -0.3 is 20.4 Å². The SMILES string of the molecule is CCNC(=NCC(c1ccccc1)N(C)C)NC1CCN(c2ncccc2Cl)C1. The molecule has 3 rings (SSSR count). The van der Waals surface area contributed by atoms with Crippen LogP contribution in [0.15, 0.2) is 53.7 Å². The molecule has 1 aliphatic heterocycles. The molecule has 1 fully saturated rings. The van der Waals surface area contributed by atoms with Crippen molar-refractivity contribution in [3.8, 4) is 0 Å². The first-order valence-corrected chi connectivity index (χ1v) is 10.6. The lowest BCUT2D eigenvalue weighted by Gasteiger charge is -2.24. The van der Waals surface area contributed by atoms with E-state index in [1.807, 2.05) is 18.2 Å². The summed E-state index contributed by atoms with van der Waals surface area (Å²) >= 11 is 6.31. The number of nitrogens with one attached hydrogen (secondary N) is 2. The second-order valence-corrected chi connectivity index (χ2v) is 7.90. The normalized spacial score (nSPS) is 18.2. The molecule has 7 heteroatoms. The average molecular weight is 415 g/mol. The number of guanidine groups is 1. The van der Waals surface area contributed by atoms with Gasteiger partial charge in [0.2, 0.25) is 0 Å². The maximum absolute atomic E-state index is 6.31. The van der Waals surface area contributed by atoms with Crippen LogP contribution < -0.4 is 15.5 Å². The Kier molecular flexibility index (Phi) is 7.72. The molecule has 2 heterocycles. The minimum atomic E-state index is 0.235. The van der Waals surface area contributed by atoms with Crippen molar-refractivity contribution in [2.24, 2.45) is 4.99 Å². The largest absolute Gasteiger partial charge is 0.357 e. The van der Waals surface area contributed by atoms with Crippen molar-refractivity contribution in [1.82, 2.24) is 20.5 Å². The Morgan fingerprint density at radius 1 is 1.28 bits per heavy atom. The molecular weight excluding hydrogens is 384 g/mol. The summed E-state index contributed by atoms with van der Waals surface area (Å²) in [6, 6.07) is 14.8.